The summed E-state index contributed by atoms with van der Waals surface area (Å²) in [6, 6.07) is 9.19. The van der Waals surface area contributed by atoms with E-state index in [0.717, 1.165) is 62.1 Å². The molecule has 0 amide bonds. The van der Waals surface area contributed by atoms with Crippen LogP contribution in [0.2, 0.25) is 0 Å². The zero-order chi connectivity index (χ0) is 22.0. The number of benzene rings is 1. The van der Waals surface area contributed by atoms with E-state index < -0.39 is 11.7 Å². The molecule has 3 heterocycles. The van der Waals surface area contributed by atoms with Gasteiger partial charge in [0.1, 0.15) is 5.65 Å². The topological polar surface area (TPSA) is 58.8 Å². The summed E-state index contributed by atoms with van der Waals surface area (Å²) in [6.07, 6.45) is -0.245. The molecule has 31 heavy (non-hydrogen) atoms. The molecule has 0 atom stereocenters. The number of alkyl halides is 3. The molecule has 1 aliphatic heterocycles. The lowest BCUT2D eigenvalue weighted by Crippen LogP contribution is -2.21. The van der Waals surface area contributed by atoms with Crippen LogP contribution in [0.1, 0.15) is 37.4 Å². The molecule has 1 fully saturated rings. The Bertz CT molecular complexity index is 1170. The second-order valence-electron chi connectivity index (χ2n) is 7.64. The third-order valence-corrected chi connectivity index (χ3v) is 5.36. The fourth-order valence-corrected chi connectivity index (χ4v) is 3.71. The van der Waals surface area contributed by atoms with Crippen molar-refractivity contribution < 1.29 is 13.2 Å². The predicted molar refractivity (Wildman–Crippen MR) is 115 cm³/mol. The van der Waals surface area contributed by atoms with Crippen molar-refractivity contribution in [2.75, 3.05) is 13.1 Å². The van der Waals surface area contributed by atoms with Gasteiger partial charge in [0.2, 0.25) is 0 Å². The van der Waals surface area contributed by atoms with Crippen LogP contribution in [0.15, 0.2) is 52.4 Å². The van der Waals surface area contributed by atoms with Crippen LogP contribution in [-0.2, 0) is 12.6 Å². The van der Waals surface area contributed by atoms with E-state index in [1.165, 1.54) is 4.40 Å². The lowest BCUT2D eigenvalue weighted by atomic mass is 10.0. The minimum atomic E-state index is -4.49. The van der Waals surface area contributed by atoms with Gasteiger partial charge in [-0.05, 0) is 49.1 Å². The van der Waals surface area contributed by atoms with Gasteiger partial charge in [0.15, 0.2) is 0 Å². The molecule has 4 rings (SSSR count). The first-order valence-electron chi connectivity index (χ1n) is 10.4. The number of rotatable bonds is 5. The SMILES string of the molecule is CCCCc1nc2cc(C(F)(F)F)ccn2c(=O)c1-c1ccc(N=C2CCNC2)cc1. The maximum absolute atomic E-state index is 13.2. The summed E-state index contributed by atoms with van der Waals surface area (Å²) in [5, 5.41) is 3.24. The smallest absolute Gasteiger partial charge is 0.311 e. The van der Waals surface area contributed by atoms with Crippen molar-refractivity contribution in [3.63, 3.8) is 0 Å². The Morgan fingerprint density at radius 2 is 1.97 bits per heavy atom. The molecule has 1 aromatic carbocycles. The predicted octanol–water partition coefficient (Wildman–Crippen LogP) is 4.79. The van der Waals surface area contributed by atoms with Gasteiger partial charge >= 0.3 is 6.18 Å². The highest BCUT2D eigenvalue weighted by molar-refractivity contribution is 5.90. The van der Waals surface area contributed by atoms with Crippen LogP contribution in [0.5, 0.6) is 0 Å². The number of halogens is 3. The number of unbranched alkanes of at least 4 members (excludes halogenated alkanes) is 1. The molecule has 8 heteroatoms. The molecule has 0 radical (unpaired) electrons. The van der Waals surface area contributed by atoms with Gasteiger partial charge in [-0.25, -0.2) is 4.98 Å². The normalized spacial score (nSPS) is 15.8. The van der Waals surface area contributed by atoms with E-state index in [2.05, 4.69) is 15.3 Å². The summed E-state index contributed by atoms with van der Waals surface area (Å²) in [5.41, 5.74) is 2.34. The molecule has 0 aliphatic carbocycles. The largest absolute Gasteiger partial charge is 0.416 e. The first kappa shape index (κ1) is 21.2. The van der Waals surface area contributed by atoms with Crippen LogP contribution in [0.3, 0.4) is 0 Å². The summed E-state index contributed by atoms with van der Waals surface area (Å²) in [6.45, 7) is 3.72. The van der Waals surface area contributed by atoms with Gasteiger partial charge in [-0.15, -0.1) is 0 Å². The summed E-state index contributed by atoms with van der Waals surface area (Å²) in [4.78, 5) is 22.3. The lowest BCUT2D eigenvalue weighted by molar-refractivity contribution is -0.137. The van der Waals surface area contributed by atoms with E-state index in [0.29, 0.717) is 23.2 Å². The summed E-state index contributed by atoms with van der Waals surface area (Å²) >= 11 is 0. The van der Waals surface area contributed by atoms with Gasteiger partial charge < -0.3 is 5.32 Å². The molecule has 0 spiro atoms. The molecule has 5 nitrogen and oxygen atoms in total. The van der Waals surface area contributed by atoms with Crippen LogP contribution in [0.4, 0.5) is 18.9 Å². The standard InChI is InChI=1S/C23H23F3N4O/c1-2-3-4-19-21(15-5-7-17(8-6-15)28-18-9-11-27-14-18)22(31)30-12-10-16(23(24,25)26)13-20(30)29-19/h5-8,10,12-13,27H,2-4,9,11,14H2,1H3. The van der Waals surface area contributed by atoms with Crippen molar-refractivity contribution in [3.8, 4) is 11.1 Å². The maximum atomic E-state index is 13.2. The van der Waals surface area contributed by atoms with E-state index >= 15 is 0 Å². The first-order valence-corrected chi connectivity index (χ1v) is 10.4. The molecule has 0 bridgehead atoms. The van der Waals surface area contributed by atoms with E-state index in [1.54, 1.807) is 0 Å². The van der Waals surface area contributed by atoms with Crippen LogP contribution >= 0.6 is 0 Å². The molecular weight excluding hydrogens is 405 g/mol. The Balaban J connectivity index is 1.80. The minimum absolute atomic E-state index is 0.00596. The monoisotopic (exact) mass is 428 g/mol. The summed E-state index contributed by atoms with van der Waals surface area (Å²) < 4.78 is 40.5. The number of fused-ring (bicyclic) bond motifs is 1. The molecule has 1 aliphatic rings. The molecule has 162 valence electrons. The number of nitrogens with one attached hydrogen (secondary N) is 1. The molecule has 3 aromatic rings. The molecule has 0 unspecified atom stereocenters. The Morgan fingerprint density at radius 1 is 1.19 bits per heavy atom. The maximum Gasteiger partial charge on any atom is 0.416 e. The van der Waals surface area contributed by atoms with Gasteiger partial charge in [-0.1, -0.05) is 25.5 Å². The Labute approximate surface area is 177 Å². The van der Waals surface area contributed by atoms with Gasteiger partial charge in [0.25, 0.3) is 5.56 Å². The van der Waals surface area contributed by atoms with E-state index in [9.17, 15) is 18.0 Å². The van der Waals surface area contributed by atoms with E-state index in [-0.39, 0.29) is 11.2 Å². The van der Waals surface area contributed by atoms with Crippen LogP contribution in [-0.4, -0.2) is 28.2 Å². The summed E-state index contributed by atoms with van der Waals surface area (Å²) in [5.74, 6) is 0. The molecule has 0 saturated carbocycles. The lowest BCUT2D eigenvalue weighted by Gasteiger charge is -2.13. The van der Waals surface area contributed by atoms with Crippen molar-refractivity contribution >= 4 is 17.0 Å². The van der Waals surface area contributed by atoms with Crippen LogP contribution in [0.25, 0.3) is 16.8 Å². The number of nitrogens with zero attached hydrogens (tertiary/aromatic N) is 3. The number of hydrogen-bond acceptors (Lipinski definition) is 4. The average Bonchev–Trinajstić information content (AvgIpc) is 3.25. The van der Waals surface area contributed by atoms with Crippen molar-refractivity contribution in [3.05, 3.63) is 64.2 Å². The fraction of sp³-hybridized carbons (Fsp3) is 0.348. The quantitative estimate of drug-likeness (QED) is 0.636. The zero-order valence-corrected chi connectivity index (χ0v) is 17.2. The fourth-order valence-electron chi connectivity index (χ4n) is 3.71. The number of aryl methyl sites for hydroxylation is 1. The van der Waals surface area contributed by atoms with Gasteiger partial charge in [0.05, 0.1) is 22.5 Å². The number of hydrogen-bond donors (Lipinski definition) is 1. The Kier molecular flexibility index (Phi) is 5.91. The molecular formula is C23H23F3N4O. The van der Waals surface area contributed by atoms with Gasteiger partial charge in [0, 0.05) is 25.0 Å². The number of pyridine rings is 1. The van der Waals surface area contributed by atoms with Crippen LogP contribution < -0.4 is 10.9 Å². The molecule has 1 N–H and O–H groups in total. The van der Waals surface area contributed by atoms with Crippen molar-refractivity contribution in [2.24, 2.45) is 4.99 Å². The highest BCUT2D eigenvalue weighted by atomic mass is 19.4. The second kappa shape index (κ2) is 8.63. The molecule has 1 saturated heterocycles. The zero-order valence-electron chi connectivity index (χ0n) is 17.2. The van der Waals surface area contributed by atoms with Gasteiger partial charge in [-0.3, -0.25) is 14.2 Å². The summed E-state index contributed by atoms with van der Waals surface area (Å²) in [7, 11) is 0. The number of aromatic nitrogens is 2. The van der Waals surface area contributed by atoms with Gasteiger partial charge in [-0.2, -0.15) is 13.2 Å². The second-order valence-corrected chi connectivity index (χ2v) is 7.64. The highest BCUT2D eigenvalue weighted by Crippen LogP contribution is 2.30. The van der Waals surface area contributed by atoms with E-state index in [4.69, 9.17) is 0 Å². The van der Waals surface area contributed by atoms with Crippen molar-refractivity contribution in [1.82, 2.24) is 14.7 Å². The Hall–Kier alpha value is -3.00. The third kappa shape index (κ3) is 4.54. The first-order chi connectivity index (χ1) is 14.9. The third-order valence-electron chi connectivity index (χ3n) is 5.36. The van der Waals surface area contributed by atoms with Crippen molar-refractivity contribution in [1.29, 1.82) is 0 Å². The highest BCUT2D eigenvalue weighted by Gasteiger charge is 2.31. The minimum Gasteiger partial charge on any atom is -0.311 e. The van der Waals surface area contributed by atoms with Crippen LogP contribution in [0, 0.1) is 0 Å². The number of aliphatic imine (C=N–C) groups is 1. The molecule has 2 aromatic heterocycles. The van der Waals surface area contributed by atoms with E-state index in [1.807, 2.05) is 31.2 Å². The average molecular weight is 428 g/mol. The van der Waals surface area contributed by atoms with Crippen molar-refractivity contribution in [2.45, 2.75) is 38.8 Å². The Morgan fingerprint density at radius 3 is 2.61 bits per heavy atom.